The molecule has 134 valence electrons. The second-order valence-electron chi connectivity index (χ2n) is 5.91. The summed E-state index contributed by atoms with van der Waals surface area (Å²) < 4.78 is 3.22. The monoisotopic (exact) mass is 361 g/mol. The van der Waals surface area contributed by atoms with Crippen LogP contribution in [0.15, 0.2) is 54.0 Å². The molecule has 9 heteroatoms. The molecule has 1 N–H and O–H groups in total. The summed E-state index contributed by atoms with van der Waals surface area (Å²) in [6.07, 6.45) is 7.69. The first-order chi connectivity index (χ1) is 13.1. The smallest absolute Gasteiger partial charge is 0.275 e. The van der Waals surface area contributed by atoms with E-state index in [9.17, 15) is 9.59 Å². The van der Waals surface area contributed by atoms with Crippen molar-refractivity contribution >= 4 is 22.5 Å². The van der Waals surface area contributed by atoms with Crippen molar-refractivity contribution in [3.63, 3.8) is 0 Å². The normalized spacial score (nSPS) is 10.9. The molecule has 4 rings (SSSR count). The summed E-state index contributed by atoms with van der Waals surface area (Å²) in [5.41, 5.74) is 0.739. The van der Waals surface area contributed by atoms with Crippen LogP contribution in [0.25, 0.3) is 22.6 Å². The molecule has 0 saturated heterocycles. The number of rotatable bonds is 3. The van der Waals surface area contributed by atoms with E-state index in [1.54, 1.807) is 42.2 Å². The zero-order valence-corrected chi connectivity index (χ0v) is 14.6. The fourth-order valence-electron chi connectivity index (χ4n) is 2.78. The van der Waals surface area contributed by atoms with Gasteiger partial charge >= 0.3 is 0 Å². The van der Waals surface area contributed by atoms with Crippen LogP contribution in [-0.2, 0) is 14.1 Å². The second-order valence-corrected chi connectivity index (χ2v) is 5.91. The van der Waals surface area contributed by atoms with Crippen molar-refractivity contribution < 1.29 is 4.79 Å². The van der Waals surface area contributed by atoms with E-state index in [0.29, 0.717) is 28.2 Å². The van der Waals surface area contributed by atoms with Crippen LogP contribution in [0.3, 0.4) is 0 Å². The fourth-order valence-corrected chi connectivity index (χ4v) is 2.78. The number of aromatic nitrogens is 6. The minimum Gasteiger partial charge on any atom is -0.331 e. The molecule has 3 heterocycles. The van der Waals surface area contributed by atoms with Crippen molar-refractivity contribution in [2.24, 2.45) is 14.1 Å². The quantitative estimate of drug-likeness (QED) is 0.591. The largest absolute Gasteiger partial charge is 0.331 e. The summed E-state index contributed by atoms with van der Waals surface area (Å²) in [7, 11) is 3.46. The number of carbonyl (C=O) groups is 1. The molecule has 0 radical (unpaired) electrons. The van der Waals surface area contributed by atoms with E-state index in [2.05, 4.69) is 25.3 Å². The Labute approximate surface area is 153 Å². The third-order valence-electron chi connectivity index (χ3n) is 4.17. The van der Waals surface area contributed by atoms with Gasteiger partial charge in [-0.3, -0.25) is 19.1 Å². The molecule has 0 atom stereocenters. The van der Waals surface area contributed by atoms with Gasteiger partial charge in [0, 0.05) is 38.9 Å². The first kappa shape index (κ1) is 16.6. The number of carbonyl (C=O) groups excluding carboxylic acids is 1. The Balaban J connectivity index is 1.87. The van der Waals surface area contributed by atoms with Gasteiger partial charge in [0.05, 0.1) is 17.3 Å². The van der Waals surface area contributed by atoms with E-state index in [-0.39, 0.29) is 11.3 Å². The highest BCUT2D eigenvalue weighted by Crippen LogP contribution is 2.22. The third kappa shape index (κ3) is 2.84. The summed E-state index contributed by atoms with van der Waals surface area (Å²) >= 11 is 0. The zero-order chi connectivity index (χ0) is 19.0. The molecule has 3 aromatic heterocycles. The highest BCUT2D eigenvalue weighted by molar-refractivity contribution is 6.07. The summed E-state index contributed by atoms with van der Waals surface area (Å²) in [6.45, 7) is 0. The van der Waals surface area contributed by atoms with Crippen LogP contribution in [0.2, 0.25) is 0 Å². The number of hydrogen-bond donors (Lipinski definition) is 1. The molecule has 27 heavy (non-hydrogen) atoms. The Morgan fingerprint density at radius 2 is 1.93 bits per heavy atom. The van der Waals surface area contributed by atoms with Crippen molar-refractivity contribution in [1.82, 2.24) is 29.1 Å². The molecule has 0 aliphatic heterocycles. The molecule has 0 unspecified atom stereocenters. The molecule has 0 bridgehead atoms. The van der Waals surface area contributed by atoms with Crippen molar-refractivity contribution in [3.8, 4) is 11.6 Å². The van der Waals surface area contributed by atoms with Crippen molar-refractivity contribution in [2.75, 3.05) is 5.32 Å². The Morgan fingerprint density at radius 1 is 1.07 bits per heavy atom. The maximum Gasteiger partial charge on any atom is 0.275 e. The van der Waals surface area contributed by atoms with Gasteiger partial charge in [0.2, 0.25) is 0 Å². The summed E-state index contributed by atoms with van der Waals surface area (Å²) in [4.78, 5) is 42.0. The number of para-hydroxylation sites is 1. The van der Waals surface area contributed by atoms with E-state index in [4.69, 9.17) is 0 Å². The van der Waals surface area contributed by atoms with Gasteiger partial charge in [0.1, 0.15) is 11.2 Å². The number of nitrogens with zero attached hydrogens (tertiary/aromatic N) is 6. The van der Waals surface area contributed by atoms with Gasteiger partial charge < -0.3 is 9.88 Å². The third-order valence-corrected chi connectivity index (χ3v) is 4.17. The summed E-state index contributed by atoms with van der Waals surface area (Å²) in [6, 6.07) is 5.05. The Bertz CT molecular complexity index is 1210. The van der Waals surface area contributed by atoms with Crippen molar-refractivity contribution in [2.45, 2.75) is 0 Å². The lowest BCUT2D eigenvalue weighted by molar-refractivity contribution is 0.102. The summed E-state index contributed by atoms with van der Waals surface area (Å²) in [5, 5.41) is 3.15. The molecule has 0 aliphatic rings. The highest BCUT2D eigenvalue weighted by atomic mass is 16.2. The van der Waals surface area contributed by atoms with Gasteiger partial charge in [-0.2, -0.15) is 0 Å². The van der Waals surface area contributed by atoms with E-state index < -0.39 is 5.91 Å². The standard InChI is InChI=1S/C18H15N7O2/c1-24-9-8-21-15(24)16-23-14-11(18(27)25(16)2)4-3-5-12(14)22-17(26)13-10-19-6-7-20-13/h3-10H,1-2H3,(H,22,26). The SMILES string of the molecule is Cn1ccnc1-c1nc2c(NC(=O)c3cnccn3)cccc2c(=O)n1C. The molecule has 9 nitrogen and oxygen atoms in total. The van der Waals surface area contributed by atoms with Crippen LogP contribution in [0, 0.1) is 0 Å². The first-order valence-corrected chi connectivity index (χ1v) is 8.11. The topological polar surface area (TPSA) is 108 Å². The molecule has 1 aromatic carbocycles. The molecule has 0 saturated carbocycles. The Kier molecular flexibility index (Phi) is 3.96. The lowest BCUT2D eigenvalue weighted by atomic mass is 10.2. The van der Waals surface area contributed by atoms with E-state index in [0.717, 1.165) is 0 Å². The minimum absolute atomic E-state index is 0.169. The number of amides is 1. The molecule has 1 amide bonds. The maximum atomic E-state index is 12.8. The number of anilines is 1. The van der Waals surface area contributed by atoms with Crippen molar-refractivity contribution in [3.05, 3.63) is 65.2 Å². The van der Waals surface area contributed by atoms with Gasteiger partial charge in [-0.15, -0.1) is 0 Å². The lowest BCUT2D eigenvalue weighted by Gasteiger charge is -2.12. The minimum atomic E-state index is -0.434. The number of benzene rings is 1. The van der Waals surface area contributed by atoms with Crippen molar-refractivity contribution in [1.29, 1.82) is 0 Å². The van der Waals surface area contributed by atoms with Crippen LogP contribution in [-0.4, -0.2) is 35.0 Å². The second kappa shape index (κ2) is 6.45. The molecular weight excluding hydrogens is 346 g/mol. The molecular formula is C18H15N7O2. The summed E-state index contributed by atoms with van der Waals surface area (Å²) in [5.74, 6) is 0.518. The van der Waals surface area contributed by atoms with Gasteiger partial charge in [0.25, 0.3) is 11.5 Å². The van der Waals surface area contributed by atoms with Crippen LogP contribution in [0.4, 0.5) is 5.69 Å². The predicted molar refractivity (Wildman–Crippen MR) is 99.2 cm³/mol. The molecule has 0 aliphatic carbocycles. The number of aryl methyl sites for hydroxylation is 1. The van der Waals surface area contributed by atoms with Crippen LogP contribution in [0.1, 0.15) is 10.5 Å². The Morgan fingerprint density at radius 3 is 2.63 bits per heavy atom. The fraction of sp³-hybridized carbons (Fsp3) is 0.111. The average Bonchev–Trinajstić information content (AvgIpc) is 3.11. The van der Waals surface area contributed by atoms with Gasteiger partial charge in [-0.25, -0.2) is 15.0 Å². The average molecular weight is 361 g/mol. The number of imidazole rings is 1. The van der Waals surface area contributed by atoms with Crippen LogP contribution in [0.5, 0.6) is 0 Å². The highest BCUT2D eigenvalue weighted by Gasteiger charge is 2.17. The van der Waals surface area contributed by atoms with Crippen LogP contribution >= 0.6 is 0 Å². The number of fused-ring (bicyclic) bond motifs is 1. The van der Waals surface area contributed by atoms with E-state index in [1.807, 2.05) is 7.05 Å². The molecule has 0 fully saturated rings. The first-order valence-electron chi connectivity index (χ1n) is 8.11. The lowest BCUT2D eigenvalue weighted by Crippen LogP contribution is -2.22. The maximum absolute atomic E-state index is 12.8. The van der Waals surface area contributed by atoms with Crippen LogP contribution < -0.4 is 10.9 Å². The van der Waals surface area contributed by atoms with E-state index in [1.165, 1.54) is 23.2 Å². The van der Waals surface area contributed by atoms with E-state index >= 15 is 0 Å². The van der Waals surface area contributed by atoms with Gasteiger partial charge in [-0.05, 0) is 12.1 Å². The zero-order valence-electron chi connectivity index (χ0n) is 14.6. The number of nitrogens with one attached hydrogen (secondary N) is 1. The molecule has 0 spiro atoms. The van der Waals surface area contributed by atoms with Gasteiger partial charge in [-0.1, -0.05) is 6.07 Å². The Hall–Kier alpha value is -3.88. The molecule has 4 aromatic rings. The van der Waals surface area contributed by atoms with Gasteiger partial charge in [0.15, 0.2) is 11.6 Å². The number of hydrogen-bond acceptors (Lipinski definition) is 6. The predicted octanol–water partition coefficient (Wildman–Crippen LogP) is 1.38.